The SMILES string of the molecule is CCN1c2cc3c(cc2C(C)=CC1(C)C)N=c1cc2c(cc1O3)=[N+](CCCC(=O)NCCCCCCOP(=O)(O)OP(=O)(O)OP(=O)(O)OC[C@H]1O[C@@H](n3cnc4c(=O)[nH]c(N)nc43)[C@H](O)[C@@H]1O)C(C)(C)C=C2CS(=O)(=O)O. The van der Waals surface area contributed by atoms with Crippen molar-refractivity contribution in [1.82, 2.24) is 29.4 Å². The van der Waals surface area contributed by atoms with Crippen molar-refractivity contribution in [2.24, 2.45) is 4.99 Å². The van der Waals surface area contributed by atoms with Crippen molar-refractivity contribution in [3.63, 3.8) is 0 Å². The lowest BCUT2D eigenvalue weighted by molar-refractivity contribution is -0.121. The summed E-state index contributed by atoms with van der Waals surface area (Å²) in [6.07, 6.45) is 0.703. The van der Waals surface area contributed by atoms with Crippen molar-refractivity contribution >= 4 is 79.1 Å². The lowest BCUT2D eigenvalue weighted by Crippen LogP contribution is -2.50. The van der Waals surface area contributed by atoms with Crippen molar-refractivity contribution in [1.29, 1.82) is 0 Å². The third-order valence-corrected chi connectivity index (χ3v) is 18.4. The number of hydrogen-bond acceptors (Lipinski definition) is 20. The van der Waals surface area contributed by atoms with Crippen LogP contribution in [0.15, 0.2) is 52.5 Å². The van der Waals surface area contributed by atoms with E-state index in [-0.39, 0.29) is 41.4 Å². The molecule has 2 aromatic heterocycles. The highest BCUT2D eigenvalue weighted by Crippen LogP contribution is 2.68. The zero-order chi connectivity index (χ0) is 56.9. The number of aromatic nitrogens is 4. The maximum Gasteiger partial charge on any atom is 0.490 e. The molecule has 3 unspecified atom stereocenters. The number of hydrogen-bond donors (Lipinski definition) is 9. The lowest BCUT2D eigenvalue weighted by atomic mass is 9.88. The summed E-state index contributed by atoms with van der Waals surface area (Å²) in [5.41, 5.74) is 8.35. The standard InChI is InChI=1S/C46H62N9O19P3S/c1-7-54-32-19-34-30(17-28(32)26(2)21-45(54,3)4)50-31-18-29-27(24-78(66,67)68)22-46(5,6)55(33(29)20-35(31)71-34)15-12-13-37(56)48-14-10-8-9-11-16-69-75(60,61)73-77(64,65)74-76(62,63)70-23-36-39(57)40(58)43(72-36)53-25-49-38-41(53)51-44(47)52-42(38)59/h17-22,25,36,39-40,43,57-58H,7-16,23-24H2,1-6H3,(H7-,47,48,51,52,56,59,60,61,62,63,64,65,66,67,68)/p+1/t36-,39-,40-,43-/m1/s1. The molecule has 6 heterocycles. The van der Waals surface area contributed by atoms with Gasteiger partial charge in [-0.05, 0) is 69.9 Å². The number of aliphatic hydroxyl groups excluding tert-OH is 2. The van der Waals surface area contributed by atoms with Crippen LogP contribution in [-0.4, -0.2) is 131 Å². The van der Waals surface area contributed by atoms with E-state index in [4.69, 9.17) is 24.7 Å². The van der Waals surface area contributed by atoms with Crippen LogP contribution in [0, 0.1) is 0 Å². The van der Waals surface area contributed by atoms with E-state index in [9.17, 15) is 61.1 Å². The van der Waals surface area contributed by atoms with E-state index in [0.717, 1.165) is 34.3 Å². The summed E-state index contributed by atoms with van der Waals surface area (Å²) < 4.78 is 105. The van der Waals surface area contributed by atoms with Gasteiger partial charge in [-0.25, -0.2) is 28.2 Å². The van der Waals surface area contributed by atoms with Gasteiger partial charge in [0.15, 0.2) is 34.4 Å². The maximum absolute atomic E-state index is 13.0. The highest BCUT2D eigenvalue weighted by atomic mass is 32.2. The van der Waals surface area contributed by atoms with Crippen molar-refractivity contribution in [2.45, 2.75) is 116 Å². The van der Waals surface area contributed by atoms with Gasteiger partial charge in [-0.15, -0.1) is 0 Å². The number of aromatic amines is 1. The van der Waals surface area contributed by atoms with E-state index in [0.29, 0.717) is 77.8 Å². The quantitative estimate of drug-likeness (QED) is 0.0196. The summed E-state index contributed by atoms with van der Waals surface area (Å²) in [6, 6.07) is 7.60. The van der Waals surface area contributed by atoms with E-state index in [1.807, 2.05) is 32.0 Å². The van der Waals surface area contributed by atoms with E-state index in [2.05, 4.69) is 76.7 Å². The van der Waals surface area contributed by atoms with E-state index in [1.54, 1.807) is 12.1 Å². The van der Waals surface area contributed by atoms with Gasteiger partial charge in [0.2, 0.25) is 17.2 Å². The molecule has 28 nitrogen and oxygen atoms in total. The first-order chi connectivity index (χ1) is 36.4. The first kappa shape index (κ1) is 59.1. The molecule has 2 aromatic carbocycles. The monoisotopic (exact) mass is 1170 g/mol. The number of carbonyl (C=O) groups is 1. The number of benzene rings is 2. The summed E-state index contributed by atoms with van der Waals surface area (Å²) in [5, 5.41) is 25.1. The van der Waals surface area contributed by atoms with Crippen LogP contribution in [0.5, 0.6) is 11.5 Å². The molecule has 426 valence electrons. The molecule has 1 fully saturated rings. The molecule has 0 saturated carbocycles. The number of nitrogens with one attached hydrogen (secondary N) is 2. The predicted molar refractivity (Wildman–Crippen MR) is 281 cm³/mol. The third kappa shape index (κ3) is 13.4. The predicted octanol–water partition coefficient (Wildman–Crippen LogP) is 3.48. The van der Waals surface area contributed by atoms with Crippen molar-refractivity contribution in [2.75, 3.05) is 49.2 Å². The first-order valence-electron chi connectivity index (χ1n) is 24.8. The molecule has 4 aliphatic rings. The second kappa shape index (κ2) is 22.5. The number of fused-ring (bicyclic) bond motifs is 5. The second-order valence-corrected chi connectivity index (χ2v) is 26.3. The molecule has 7 atom stereocenters. The minimum Gasteiger partial charge on any atom is -0.452 e. The summed E-state index contributed by atoms with van der Waals surface area (Å²) in [7, 11) is -21.2. The Morgan fingerprint density at radius 2 is 1.64 bits per heavy atom. The van der Waals surface area contributed by atoms with E-state index >= 15 is 0 Å². The summed E-state index contributed by atoms with van der Waals surface area (Å²) in [5.74, 6) is -0.0841. The summed E-state index contributed by atoms with van der Waals surface area (Å²) >= 11 is 0. The van der Waals surface area contributed by atoms with Gasteiger partial charge in [0.1, 0.15) is 41.7 Å². The number of phosphoric acid groups is 3. The molecule has 10 N–H and O–H groups in total. The molecule has 8 rings (SSSR count). The molecule has 32 heteroatoms. The molecule has 1 amide bonds. The number of rotatable bonds is 23. The molecule has 4 aliphatic heterocycles. The number of nitrogen functional groups attached to an aromatic ring is 1. The molecule has 0 radical (unpaired) electrons. The van der Waals surface area contributed by atoms with Gasteiger partial charge in [0.25, 0.3) is 15.7 Å². The Balaban J connectivity index is 0.782. The van der Waals surface area contributed by atoms with Gasteiger partial charge in [0, 0.05) is 57.1 Å². The second-order valence-electron chi connectivity index (χ2n) is 20.2. The number of aliphatic hydroxyl groups is 2. The maximum atomic E-state index is 13.0. The van der Waals surface area contributed by atoms with E-state index in [1.165, 1.54) is 0 Å². The number of allylic oxidation sites excluding steroid dienone is 1. The molecule has 78 heavy (non-hydrogen) atoms. The number of unbranched alkanes of at least 4 members (excludes halogenated alkanes) is 3. The number of anilines is 2. The minimum absolute atomic E-state index is 0.131. The van der Waals surface area contributed by atoms with Crippen LogP contribution in [0.25, 0.3) is 22.3 Å². The highest BCUT2D eigenvalue weighted by molar-refractivity contribution is 7.86. The fourth-order valence-corrected chi connectivity index (χ4v) is 14.3. The molecule has 0 spiro atoms. The van der Waals surface area contributed by atoms with Crippen LogP contribution in [0.3, 0.4) is 0 Å². The molecule has 0 bridgehead atoms. The molecule has 0 aliphatic carbocycles. The number of H-pyrrole nitrogens is 1. The normalized spacial score (nSPS) is 22.6. The fraction of sp³-hybridized carbons (Fsp3) is 0.522. The van der Waals surface area contributed by atoms with Crippen LogP contribution < -0.4 is 41.5 Å². The average molecular weight is 1170 g/mol. The highest BCUT2D eigenvalue weighted by Gasteiger charge is 2.48. The summed E-state index contributed by atoms with van der Waals surface area (Å²) in [6.45, 7) is 12.3. The van der Waals surface area contributed by atoms with Crippen molar-refractivity contribution in [3.05, 3.63) is 74.9 Å². The number of amides is 1. The van der Waals surface area contributed by atoms with Gasteiger partial charge in [-0.3, -0.25) is 32.7 Å². The number of ether oxygens (including phenoxy) is 2. The van der Waals surface area contributed by atoms with Crippen LogP contribution >= 0.6 is 23.5 Å². The van der Waals surface area contributed by atoms with Gasteiger partial charge >= 0.3 is 23.5 Å². The van der Waals surface area contributed by atoms with Gasteiger partial charge in [-0.2, -0.15) is 22.0 Å². The lowest BCUT2D eigenvalue weighted by Gasteiger charge is -2.43. The number of imidazole rings is 1. The van der Waals surface area contributed by atoms with Gasteiger partial charge in [0.05, 0.1) is 36.7 Å². The molecular weight excluding hydrogens is 1110 g/mol. The Morgan fingerprint density at radius 3 is 2.35 bits per heavy atom. The average Bonchev–Trinajstić information content (AvgIpc) is 3.86. The Hall–Kier alpha value is -5.06. The van der Waals surface area contributed by atoms with Crippen molar-refractivity contribution < 1.29 is 83.5 Å². The van der Waals surface area contributed by atoms with Crippen LogP contribution in [0.4, 0.5) is 17.3 Å². The Morgan fingerprint density at radius 1 is 0.936 bits per heavy atom. The fourth-order valence-electron chi connectivity index (χ4n) is 10.1. The van der Waals surface area contributed by atoms with Crippen LogP contribution in [-0.2, 0) is 51.0 Å². The van der Waals surface area contributed by atoms with Crippen LogP contribution in [0.2, 0.25) is 0 Å². The topological polar surface area (TPSA) is 399 Å². The number of phosphoric ester groups is 2. The Bertz CT molecular complexity index is 3550. The summed E-state index contributed by atoms with van der Waals surface area (Å²) in [4.78, 5) is 72.6. The number of likely N-dealkylation sites (N-methyl/N-ethyl adjacent to an activating group) is 1. The molecule has 4 aromatic rings. The van der Waals surface area contributed by atoms with E-state index < -0.39 is 88.2 Å². The Kier molecular flexibility index (Phi) is 17.0. The zero-order valence-electron chi connectivity index (χ0n) is 43.3. The molecular formula is C46H63N9O19P3S+. The minimum atomic E-state index is -5.84. The Labute approximate surface area is 446 Å². The van der Waals surface area contributed by atoms with Gasteiger partial charge < -0.3 is 50.3 Å². The van der Waals surface area contributed by atoms with Crippen molar-refractivity contribution in [3.8, 4) is 11.5 Å². The van der Waals surface area contributed by atoms with Gasteiger partial charge in [-0.1, -0.05) is 18.9 Å². The number of carbonyl (C=O) groups excluding carboxylic acids is 1. The largest absolute Gasteiger partial charge is 0.490 e. The first-order valence-corrected chi connectivity index (χ1v) is 30.8. The smallest absolute Gasteiger partial charge is 0.452 e. The number of nitrogens with two attached hydrogens (primary N) is 1. The zero-order valence-corrected chi connectivity index (χ0v) is 46.8. The third-order valence-electron chi connectivity index (χ3n) is 13.4. The van der Waals surface area contributed by atoms with Crippen LogP contribution in [0.1, 0.15) is 97.4 Å². The molecule has 1 saturated heterocycles. The number of nitrogens with zero attached hydrogens (tertiary/aromatic N) is 6.